The predicted octanol–water partition coefficient (Wildman–Crippen LogP) is 4.60. The maximum Gasteiger partial charge on any atom is 0.288 e. The summed E-state index contributed by atoms with van der Waals surface area (Å²) in [5, 5.41) is 13.7. The molecule has 0 atom stereocenters. The van der Waals surface area contributed by atoms with Gasteiger partial charge in [0.25, 0.3) is 17.5 Å². The van der Waals surface area contributed by atoms with Crippen LogP contribution in [0.15, 0.2) is 66.7 Å². The van der Waals surface area contributed by atoms with Crippen molar-refractivity contribution in [1.82, 2.24) is 4.90 Å². The summed E-state index contributed by atoms with van der Waals surface area (Å²) in [5.41, 5.74) is 1.30. The highest BCUT2D eigenvalue weighted by Crippen LogP contribution is 2.26. The highest BCUT2D eigenvalue weighted by molar-refractivity contribution is 6.32. The number of hydrogen-bond acceptors (Lipinski definition) is 5. The lowest BCUT2D eigenvalue weighted by molar-refractivity contribution is -0.384. The lowest BCUT2D eigenvalue weighted by atomic mass is 10.1. The van der Waals surface area contributed by atoms with Gasteiger partial charge in [-0.25, -0.2) is 4.39 Å². The minimum atomic E-state index is -0.641. The van der Waals surface area contributed by atoms with Crippen molar-refractivity contribution in [3.8, 4) is 0 Å². The topological polar surface area (TPSA) is 95.8 Å². The van der Waals surface area contributed by atoms with Crippen molar-refractivity contribution in [1.29, 1.82) is 0 Å². The Balaban J connectivity index is 1.36. The fourth-order valence-corrected chi connectivity index (χ4v) is 3.91. The quantitative estimate of drug-likeness (QED) is 0.423. The first-order valence-electron chi connectivity index (χ1n) is 10.5. The number of rotatable bonds is 5. The number of halogens is 2. The van der Waals surface area contributed by atoms with Gasteiger partial charge in [-0.2, -0.15) is 0 Å². The van der Waals surface area contributed by atoms with Crippen LogP contribution in [0.1, 0.15) is 20.7 Å². The van der Waals surface area contributed by atoms with E-state index in [4.69, 9.17) is 11.6 Å². The molecule has 4 rings (SSSR count). The van der Waals surface area contributed by atoms with E-state index in [9.17, 15) is 24.1 Å². The Labute approximate surface area is 199 Å². The first-order chi connectivity index (χ1) is 16.3. The summed E-state index contributed by atoms with van der Waals surface area (Å²) >= 11 is 5.80. The van der Waals surface area contributed by atoms with Crippen molar-refractivity contribution in [2.75, 3.05) is 36.4 Å². The van der Waals surface area contributed by atoms with E-state index >= 15 is 0 Å². The molecule has 3 aromatic carbocycles. The fraction of sp³-hybridized carbons (Fsp3) is 0.167. The molecule has 1 N–H and O–H groups in total. The van der Waals surface area contributed by atoms with Gasteiger partial charge in [-0.3, -0.25) is 19.7 Å². The molecule has 0 bridgehead atoms. The van der Waals surface area contributed by atoms with E-state index in [1.807, 2.05) is 12.1 Å². The minimum Gasteiger partial charge on any atom is -0.368 e. The van der Waals surface area contributed by atoms with Crippen LogP contribution in [0, 0.1) is 15.9 Å². The van der Waals surface area contributed by atoms with E-state index in [-0.39, 0.29) is 27.7 Å². The molecule has 1 heterocycles. The minimum absolute atomic E-state index is 0.0402. The van der Waals surface area contributed by atoms with Gasteiger partial charge >= 0.3 is 0 Å². The summed E-state index contributed by atoms with van der Waals surface area (Å²) in [5.74, 6) is -1.34. The SMILES string of the molecule is O=C(Nc1ccc(N2CCN(C(=O)c3ccccc3F)CC2)cc1)c1ccc(Cl)c([N+](=O)[O-])c1. The van der Waals surface area contributed by atoms with Gasteiger partial charge in [-0.15, -0.1) is 0 Å². The molecule has 2 amide bonds. The molecule has 1 aliphatic rings. The van der Waals surface area contributed by atoms with Crippen LogP contribution in [-0.2, 0) is 0 Å². The standard InChI is InChI=1S/C24H20ClFN4O4/c25-20-10-5-16(15-22(20)30(33)34)23(31)27-17-6-8-18(9-7-17)28-11-13-29(14-12-28)24(32)19-3-1-2-4-21(19)26/h1-10,15H,11-14H2,(H,27,31). The third kappa shape index (κ3) is 4.99. The van der Waals surface area contributed by atoms with E-state index in [2.05, 4.69) is 10.2 Å². The summed E-state index contributed by atoms with van der Waals surface area (Å²) in [7, 11) is 0. The number of amides is 2. The summed E-state index contributed by atoms with van der Waals surface area (Å²) in [6.07, 6.45) is 0. The Kier molecular flexibility index (Phi) is 6.74. The monoisotopic (exact) mass is 482 g/mol. The van der Waals surface area contributed by atoms with Gasteiger partial charge in [0.1, 0.15) is 10.8 Å². The maximum absolute atomic E-state index is 13.9. The number of anilines is 2. The van der Waals surface area contributed by atoms with Gasteiger partial charge in [0.2, 0.25) is 0 Å². The summed E-state index contributed by atoms with van der Waals surface area (Å²) in [4.78, 5) is 39.2. The third-order valence-corrected chi connectivity index (χ3v) is 5.89. The van der Waals surface area contributed by atoms with E-state index in [0.29, 0.717) is 31.9 Å². The van der Waals surface area contributed by atoms with E-state index in [1.165, 1.54) is 24.3 Å². The highest BCUT2D eigenvalue weighted by Gasteiger charge is 2.24. The van der Waals surface area contributed by atoms with Crippen molar-refractivity contribution in [3.05, 3.63) is 98.8 Å². The van der Waals surface area contributed by atoms with Crippen molar-refractivity contribution in [3.63, 3.8) is 0 Å². The van der Waals surface area contributed by atoms with Crippen molar-refractivity contribution < 1.29 is 18.9 Å². The Bertz CT molecular complexity index is 1240. The molecule has 10 heteroatoms. The molecule has 0 aliphatic carbocycles. The van der Waals surface area contributed by atoms with Gasteiger partial charge in [0.05, 0.1) is 10.5 Å². The molecule has 174 valence electrons. The second-order valence-corrected chi connectivity index (χ2v) is 8.09. The van der Waals surface area contributed by atoms with Gasteiger partial charge in [0, 0.05) is 49.2 Å². The number of nitrogens with zero attached hydrogens (tertiary/aromatic N) is 3. The molecule has 0 saturated carbocycles. The van der Waals surface area contributed by atoms with Crippen LogP contribution in [0.2, 0.25) is 5.02 Å². The average molecular weight is 483 g/mol. The van der Waals surface area contributed by atoms with E-state index in [0.717, 1.165) is 11.8 Å². The molecule has 34 heavy (non-hydrogen) atoms. The third-order valence-electron chi connectivity index (χ3n) is 5.57. The van der Waals surface area contributed by atoms with Gasteiger partial charge in [-0.05, 0) is 48.5 Å². The summed E-state index contributed by atoms with van der Waals surface area (Å²) in [6, 6.07) is 17.0. The van der Waals surface area contributed by atoms with Crippen LogP contribution in [0.4, 0.5) is 21.5 Å². The Morgan fingerprint density at radius 1 is 0.971 bits per heavy atom. The zero-order valence-electron chi connectivity index (χ0n) is 17.9. The van der Waals surface area contributed by atoms with Gasteiger partial charge < -0.3 is 15.1 Å². The number of hydrogen-bond donors (Lipinski definition) is 1. The molecule has 1 saturated heterocycles. The van der Waals surface area contributed by atoms with Crippen molar-refractivity contribution in [2.45, 2.75) is 0 Å². The average Bonchev–Trinajstić information content (AvgIpc) is 2.84. The Hall–Kier alpha value is -3.98. The smallest absolute Gasteiger partial charge is 0.288 e. The number of nitro benzene ring substituents is 1. The van der Waals surface area contributed by atoms with Crippen molar-refractivity contribution >= 4 is 40.5 Å². The van der Waals surface area contributed by atoms with Crippen molar-refractivity contribution in [2.24, 2.45) is 0 Å². The summed E-state index contributed by atoms with van der Waals surface area (Å²) in [6.45, 7) is 2.09. The molecule has 0 radical (unpaired) electrons. The van der Waals surface area contributed by atoms with E-state index in [1.54, 1.807) is 29.2 Å². The number of piperazine rings is 1. The molecule has 0 spiro atoms. The number of nitrogens with one attached hydrogen (secondary N) is 1. The molecule has 3 aromatic rings. The number of carbonyl (C=O) groups excluding carboxylic acids is 2. The van der Waals surface area contributed by atoms with Crippen LogP contribution in [0.3, 0.4) is 0 Å². The van der Waals surface area contributed by atoms with Crippen LogP contribution >= 0.6 is 11.6 Å². The number of benzene rings is 3. The molecule has 8 nitrogen and oxygen atoms in total. The molecule has 1 fully saturated rings. The van der Waals surface area contributed by atoms with Crippen LogP contribution in [0.25, 0.3) is 0 Å². The normalized spacial score (nSPS) is 13.5. The van der Waals surface area contributed by atoms with Gasteiger partial charge in [0.15, 0.2) is 0 Å². The van der Waals surface area contributed by atoms with Gasteiger partial charge in [-0.1, -0.05) is 23.7 Å². The molecular weight excluding hydrogens is 463 g/mol. The zero-order valence-corrected chi connectivity index (χ0v) is 18.7. The van der Waals surface area contributed by atoms with E-state index < -0.39 is 16.6 Å². The maximum atomic E-state index is 13.9. The number of nitro groups is 1. The number of carbonyl (C=O) groups is 2. The Morgan fingerprint density at radius 2 is 1.65 bits per heavy atom. The second kappa shape index (κ2) is 9.88. The highest BCUT2D eigenvalue weighted by atomic mass is 35.5. The van der Waals surface area contributed by atoms with Crippen LogP contribution in [0.5, 0.6) is 0 Å². The zero-order chi connectivity index (χ0) is 24.2. The lowest BCUT2D eigenvalue weighted by Gasteiger charge is -2.36. The predicted molar refractivity (Wildman–Crippen MR) is 127 cm³/mol. The largest absolute Gasteiger partial charge is 0.368 e. The van der Waals surface area contributed by atoms with Crippen LogP contribution < -0.4 is 10.2 Å². The molecule has 0 unspecified atom stereocenters. The van der Waals surface area contributed by atoms with Crippen LogP contribution in [-0.4, -0.2) is 47.8 Å². The fourth-order valence-electron chi connectivity index (χ4n) is 3.73. The summed E-state index contributed by atoms with van der Waals surface area (Å²) < 4.78 is 13.9. The Morgan fingerprint density at radius 3 is 2.29 bits per heavy atom. The molecule has 0 aromatic heterocycles. The first-order valence-corrected chi connectivity index (χ1v) is 10.9. The lowest BCUT2D eigenvalue weighted by Crippen LogP contribution is -2.49. The molecular formula is C24H20ClFN4O4. The second-order valence-electron chi connectivity index (χ2n) is 7.68. The first kappa shape index (κ1) is 23.2. The molecule has 1 aliphatic heterocycles.